The lowest BCUT2D eigenvalue weighted by Crippen LogP contribution is -2.34. The average Bonchev–Trinajstić information content (AvgIpc) is 2.35. The first-order valence-electron chi connectivity index (χ1n) is 6.69. The Morgan fingerprint density at radius 1 is 1.21 bits per heavy atom. The van der Waals surface area contributed by atoms with Gasteiger partial charge in [-0.15, -0.1) is 0 Å². The van der Waals surface area contributed by atoms with Crippen LogP contribution in [-0.4, -0.2) is 26.8 Å². The maximum Gasteiger partial charge on any atom is 0.236 e. The third-order valence-electron chi connectivity index (χ3n) is 3.02. The smallest absolute Gasteiger partial charge is 0.236 e. The highest BCUT2D eigenvalue weighted by atomic mass is 32.2. The van der Waals surface area contributed by atoms with Crippen LogP contribution in [0.3, 0.4) is 0 Å². The SMILES string of the molecule is CCNCC(C)S(=O)(=O)Nc1cccc(C(C)C)c1. The van der Waals surface area contributed by atoms with Crippen molar-refractivity contribution >= 4 is 15.7 Å². The van der Waals surface area contributed by atoms with Crippen molar-refractivity contribution in [2.45, 2.75) is 38.9 Å². The van der Waals surface area contributed by atoms with E-state index in [0.717, 1.165) is 12.1 Å². The number of anilines is 1. The van der Waals surface area contributed by atoms with Gasteiger partial charge in [-0.25, -0.2) is 8.42 Å². The van der Waals surface area contributed by atoms with Crippen molar-refractivity contribution in [3.63, 3.8) is 0 Å². The van der Waals surface area contributed by atoms with Crippen molar-refractivity contribution < 1.29 is 8.42 Å². The number of hydrogen-bond donors (Lipinski definition) is 2. The second-order valence-corrected chi connectivity index (χ2v) is 7.14. The van der Waals surface area contributed by atoms with E-state index in [-0.39, 0.29) is 0 Å². The van der Waals surface area contributed by atoms with Gasteiger partial charge in [-0.2, -0.15) is 0 Å². The predicted molar refractivity (Wildman–Crippen MR) is 81.1 cm³/mol. The molecule has 0 aliphatic carbocycles. The summed E-state index contributed by atoms with van der Waals surface area (Å²) >= 11 is 0. The Morgan fingerprint density at radius 2 is 1.89 bits per heavy atom. The minimum absolute atomic E-state index is 0.378. The maximum atomic E-state index is 12.1. The lowest BCUT2D eigenvalue weighted by molar-refractivity contribution is 0.579. The fraction of sp³-hybridized carbons (Fsp3) is 0.571. The van der Waals surface area contributed by atoms with Crippen LogP contribution >= 0.6 is 0 Å². The standard InChI is InChI=1S/C14H24N2O2S/c1-5-15-10-12(4)19(17,18)16-14-8-6-7-13(9-14)11(2)3/h6-9,11-12,15-16H,5,10H2,1-4H3. The number of benzene rings is 1. The highest BCUT2D eigenvalue weighted by Gasteiger charge is 2.20. The van der Waals surface area contributed by atoms with Gasteiger partial charge in [0.2, 0.25) is 10.0 Å². The molecule has 0 amide bonds. The molecule has 5 heteroatoms. The Labute approximate surface area is 116 Å². The largest absolute Gasteiger partial charge is 0.316 e. The van der Waals surface area contributed by atoms with Crippen LogP contribution in [0.1, 0.15) is 39.2 Å². The van der Waals surface area contributed by atoms with Gasteiger partial charge in [0, 0.05) is 12.2 Å². The molecule has 1 aromatic rings. The zero-order chi connectivity index (χ0) is 14.5. The molecule has 0 saturated heterocycles. The topological polar surface area (TPSA) is 58.2 Å². The number of sulfonamides is 1. The summed E-state index contributed by atoms with van der Waals surface area (Å²) in [5.41, 5.74) is 1.76. The van der Waals surface area contributed by atoms with Gasteiger partial charge in [0.25, 0.3) is 0 Å². The molecule has 0 aliphatic heterocycles. The normalized spacial score (nSPS) is 13.5. The molecule has 108 valence electrons. The summed E-state index contributed by atoms with van der Waals surface area (Å²) in [7, 11) is -3.34. The van der Waals surface area contributed by atoms with Crippen molar-refractivity contribution in [2.24, 2.45) is 0 Å². The lowest BCUT2D eigenvalue weighted by atomic mass is 10.0. The van der Waals surface area contributed by atoms with E-state index in [2.05, 4.69) is 23.9 Å². The van der Waals surface area contributed by atoms with Crippen LogP contribution in [0.2, 0.25) is 0 Å². The van der Waals surface area contributed by atoms with Gasteiger partial charge >= 0.3 is 0 Å². The Morgan fingerprint density at radius 3 is 2.47 bits per heavy atom. The van der Waals surface area contributed by atoms with Crippen LogP contribution in [-0.2, 0) is 10.0 Å². The molecule has 1 rings (SSSR count). The Balaban J connectivity index is 2.80. The Hall–Kier alpha value is -1.07. The first-order chi connectivity index (χ1) is 8.86. The molecule has 0 spiro atoms. The fourth-order valence-electron chi connectivity index (χ4n) is 1.68. The van der Waals surface area contributed by atoms with E-state index in [0.29, 0.717) is 18.2 Å². The first-order valence-corrected chi connectivity index (χ1v) is 8.23. The van der Waals surface area contributed by atoms with Crippen molar-refractivity contribution in [3.8, 4) is 0 Å². The van der Waals surface area contributed by atoms with E-state index in [9.17, 15) is 8.42 Å². The molecule has 0 fully saturated rings. The van der Waals surface area contributed by atoms with Crippen molar-refractivity contribution in [2.75, 3.05) is 17.8 Å². The average molecular weight is 284 g/mol. The van der Waals surface area contributed by atoms with Crippen LogP contribution < -0.4 is 10.0 Å². The summed E-state index contributed by atoms with van der Waals surface area (Å²) in [5, 5.41) is 2.59. The molecule has 2 N–H and O–H groups in total. The van der Waals surface area contributed by atoms with Gasteiger partial charge in [0.15, 0.2) is 0 Å². The van der Waals surface area contributed by atoms with Crippen molar-refractivity contribution in [3.05, 3.63) is 29.8 Å². The molecule has 0 radical (unpaired) electrons. The number of hydrogen-bond acceptors (Lipinski definition) is 3. The summed E-state index contributed by atoms with van der Waals surface area (Å²) in [6.45, 7) is 9.05. The van der Waals surface area contributed by atoms with Crippen LogP contribution in [0.25, 0.3) is 0 Å². The number of nitrogens with one attached hydrogen (secondary N) is 2. The third kappa shape index (κ3) is 4.84. The van der Waals surface area contributed by atoms with Gasteiger partial charge in [-0.1, -0.05) is 32.9 Å². The highest BCUT2D eigenvalue weighted by molar-refractivity contribution is 7.93. The molecule has 0 heterocycles. The van der Waals surface area contributed by atoms with Gasteiger partial charge in [0.1, 0.15) is 0 Å². The summed E-state index contributed by atoms with van der Waals surface area (Å²) in [5.74, 6) is 0.378. The zero-order valence-electron chi connectivity index (χ0n) is 12.1. The van der Waals surface area contributed by atoms with Crippen molar-refractivity contribution in [1.82, 2.24) is 5.32 Å². The van der Waals surface area contributed by atoms with Crippen LogP contribution in [0.4, 0.5) is 5.69 Å². The second kappa shape index (κ2) is 6.91. The molecular formula is C14H24N2O2S. The number of rotatable bonds is 7. The Bertz CT molecular complexity index is 498. The molecule has 1 aromatic carbocycles. The van der Waals surface area contributed by atoms with E-state index >= 15 is 0 Å². The van der Waals surface area contributed by atoms with E-state index < -0.39 is 15.3 Å². The van der Waals surface area contributed by atoms with Gasteiger partial charge in [0.05, 0.1) is 5.25 Å². The molecule has 0 saturated carbocycles. The molecule has 0 aromatic heterocycles. The third-order valence-corrected chi connectivity index (χ3v) is 4.77. The Kier molecular flexibility index (Phi) is 5.82. The predicted octanol–water partition coefficient (Wildman–Crippen LogP) is 2.55. The summed E-state index contributed by atoms with van der Waals surface area (Å²) in [6, 6.07) is 7.55. The van der Waals surface area contributed by atoms with Gasteiger partial charge in [-0.05, 0) is 37.1 Å². The molecule has 0 bridgehead atoms. The minimum Gasteiger partial charge on any atom is -0.316 e. The molecule has 0 aliphatic rings. The maximum absolute atomic E-state index is 12.1. The van der Waals surface area contributed by atoms with Crippen LogP contribution in [0.5, 0.6) is 0 Å². The zero-order valence-corrected chi connectivity index (χ0v) is 12.9. The molecule has 1 atom stereocenters. The molecular weight excluding hydrogens is 260 g/mol. The fourth-order valence-corrected chi connectivity index (χ4v) is 2.68. The van der Waals surface area contributed by atoms with E-state index in [1.807, 2.05) is 25.1 Å². The van der Waals surface area contributed by atoms with E-state index in [1.54, 1.807) is 13.0 Å². The summed E-state index contributed by atoms with van der Waals surface area (Å²) < 4.78 is 26.9. The van der Waals surface area contributed by atoms with E-state index in [4.69, 9.17) is 0 Å². The molecule has 19 heavy (non-hydrogen) atoms. The lowest BCUT2D eigenvalue weighted by Gasteiger charge is -2.16. The monoisotopic (exact) mass is 284 g/mol. The quantitative estimate of drug-likeness (QED) is 0.809. The first kappa shape index (κ1) is 16.0. The van der Waals surface area contributed by atoms with Gasteiger partial charge < -0.3 is 5.32 Å². The minimum atomic E-state index is -3.34. The second-order valence-electron chi connectivity index (χ2n) is 5.05. The van der Waals surface area contributed by atoms with Gasteiger partial charge in [-0.3, -0.25) is 4.72 Å². The van der Waals surface area contributed by atoms with Crippen molar-refractivity contribution in [1.29, 1.82) is 0 Å². The van der Waals surface area contributed by atoms with Crippen LogP contribution in [0, 0.1) is 0 Å². The summed E-state index contributed by atoms with van der Waals surface area (Å²) in [4.78, 5) is 0. The molecule has 4 nitrogen and oxygen atoms in total. The molecule has 1 unspecified atom stereocenters. The highest BCUT2D eigenvalue weighted by Crippen LogP contribution is 2.20. The van der Waals surface area contributed by atoms with Crippen LogP contribution in [0.15, 0.2) is 24.3 Å². The van der Waals surface area contributed by atoms with E-state index in [1.165, 1.54) is 0 Å². The summed E-state index contributed by atoms with van der Waals surface area (Å²) in [6.07, 6.45) is 0.